The van der Waals surface area contributed by atoms with Gasteiger partial charge in [-0.25, -0.2) is 4.39 Å². The minimum atomic E-state index is -0.178. The lowest BCUT2D eigenvalue weighted by Gasteiger charge is -2.16. The number of hydrogen-bond acceptors (Lipinski definition) is 1. The fourth-order valence-corrected chi connectivity index (χ4v) is 2.19. The summed E-state index contributed by atoms with van der Waals surface area (Å²) in [6.07, 6.45) is 0.846. The molecule has 2 aromatic rings. The Morgan fingerprint density at radius 3 is 2.37 bits per heavy atom. The van der Waals surface area contributed by atoms with E-state index in [4.69, 9.17) is 11.6 Å². The Hall–Kier alpha value is -1.38. The number of hydrogen-bond donors (Lipinski definition) is 1. The molecular weight excluding hydrogens is 261 g/mol. The number of halogens is 2. The van der Waals surface area contributed by atoms with Gasteiger partial charge in [0.25, 0.3) is 0 Å². The molecule has 0 saturated carbocycles. The SMILES string of the molecule is Fc1ccccc1CNC(CCl)Cc1ccccc1. The monoisotopic (exact) mass is 277 g/mol. The van der Waals surface area contributed by atoms with Gasteiger partial charge in [-0.3, -0.25) is 0 Å². The van der Waals surface area contributed by atoms with Gasteiger partial charge in [-0.15, -0.1) is 11.6 Å². The maximum atomic E-state index is 13.5. The Morgan fingerprint density at radius 2 is 1.68 bits per heavy atom. The van der Waals surface area contributed by atoms with E-state index in [0.717, 1.165) is 6.42 Å². The smallest absolute Gasteiger partial charge is 0.127 e. The molecule has 0 aliphatic rings. The fourth-order valence-electron chi connectivity index (χ4n) is 1.98. The molecule has 0 fully saturated rings. The van der Waals surface area contributed by atoms with Gasteiger partial charge in [-0.2, -0.15) is 0 Å². The van der Waals surface area contributed by atoms with Crippen molar-refractivity contribution in [3.8, 4) is 0 Å². The second-order valence-electron chi connectivity index (χ2n) is 4.51. The van der Waals surface area contributed by atoms with Crippen LogP contribution in [-0.2, 0) is 13.0 Å². The summed E-state index contributed by atoms with van der Waals surface area (Å²) in [5.41, 5.74) is 1.90. The van der Waals surface area contributed by atoms with Crippen molar-refractivity contribution < 1.29 is 4.39 Å². The first-order valence-electron chi connectivity index (χ1n) is 6.36. The third-order valence-corrected chi connectivity index (χ3v) is 3.42. The van der Waals surface area contributed by atoms with Crippen LogP contribution in [0.5, 0.6) is 0 Å². The van der Waals surface area contributed by atoms with Crippen LogP contribution in [0.15, 0.2) is 54.6 Å². The summed E-state index contributed by atoms with van der Waals surface area (Å²) in [7, 11) is 0. The third-order valence-electron chi connectivity index (χ3n) is 3.05. The molecule has 1 atom stereocenters. The predicted octanol–water partition coefficient (Wildman–Crippen LogP) is 3.77. The summed E-state index contributed by atoms with van der Waals surface area (Å²) < 4.78 is 13.5. The van der Waals surface area contributed by atoms with Crippen LogP contribution in [0, 0.1) is 5.82 Å². The number of rotatable bonds is 6. The topological polar surface area (TPSA) is 12.0 Å². The lowest BCUT2D eigenvalue weighted by atomic mass is 10.1. The zero-order valence-electron chi connectivity index (χ0n) is 10.7. The van der Waals surface area contributed by atoms with Crippen LogP contribution in [0.2, 0.25) is 0 Å². The van der Waals surface area contributed by atoms with E-state index in [2.05, 4.69) is 17.4 Å². The van der Waals surface area contributed by atoms with Gasteiger partial charge >= 0.3 is 0 Å². The van der Waals surface area contributed by atoms with E-state index in [1.54, 1.807) is 12.1 Å². The largest absolute Gasteiger partial charge is 0.308 e. The van der Waals surface area contributed by atoms with Gasteiger partial charge in [0.15, 0.2) is 0 Å². The molecule has 0 amide bonds. The summed E-state index contributed by atoms with van der Waals surface area (Å²) in [6.45, 7) is 0.497. The highest BCUT2D eigenvalue weighted by atomic mass is 35.5. The van der Waals surface area contributed by atoms with E-state index in [0.29, 0.717) is 18.0 Å². The van der Waals surface area contributed by atoms with E-state index in [-0.39, 0.29) is 11.9 Å². The van der Waals surface area contributed by atoms with Crippen LogP contribution in [0.1, 0.15) is 11.1 Å². The standard InChI is InChI=1S/C16H17ClFN/c17-11-15(10-13-6-2-1-3-7-13)19-12-14-8-4-5-9-16(14)18/h1-9,15,19H,10-12H2. The first-order chi connectivity index (χ1) is 9.29. The maximum absolute atomic E-state index is 13.5. The van der Waals surface area contributed by atoms with Crippen LogP contribution >= 0.6 is 11.6 Å². The van der Waals surface area contributed by atoms with Crippen molar-refractivity contribution in [1.82, 2.24) is 5.32 Å². The van der Waals surface area contributed by atoms with Gasteiger partial charge in [0.1, 0.15) is 5.82 Å². The Balaban J connectivity index is 1.91. The molecule has 2 rings (SSSR count). The van der Waals surface area contributed by atoms with Gasteiger partial charge in [0.05, 0.1) is 0 Å². The molecule has 0 aromatic heterocycles. The van der Waals surface area contributed by atoms with Crippen molar-refractivity contribution in [2.24, 2.45) is 0 Å². The Morgan fingerprint density at radius 1 is 1.00 bits per heavy atom. The summed E-state index contributed by atoms with van der Waals surface area (Å²) >= 11 is 5.97. The van der Waals surface area contributed by atoms with Gasteiger partial charge in [-0.1, -0.05) is 48.5 Å². The molecule has 0 saturated heterocycles. The highest BCUT2D eigenvalue weighted by molar-refractivity contribution is 6.18. The zero-order chi connectivity index (χ0) is 13.5. The van der Waals surface area contributed by atoms with Crippen LogP contribution < -0.4 is 5.32 Å². The molecule has 0 heterocycles. The second kappa shape index (κ2) is 7.27. The van der Waals surface area contributed by atoms with E-state index in [1.165, 1.54) is 11.6 Å². The fraction of sp³-hybridized carbons (Fsp3) is 0.250. The minimum Gasteiger partial charge on any atom is -0.308 e. The molecular formula is C16H17ClFN. The summed E-state index contributed by atoms with van der Waals surface area (Å²) in [6, 6.07) is 17.1. The summed E-state index contributed by atoms with van der Waals surface area (Å²) in [5, 5.41) is 3.30. The second-order valence-corrected chi connectivity index (χ2v) is 4.82. The maximum Gasteiger partial charge on any atom is 0.127 e. The van der Waals surface area contributed by atoms with Crippen LogP contribution in [0.25, 0.3) is 0 Å². The van der Waals surface area contributed by atoms with Gasteiger partial charge < -0.3 is 5.32 Å². The number of benzene rings is 2. The molecule has 1 unspecified atom stereocenters. The highest BCUT2D eigenvalue weighted by Crippen LogP contribution is 2.08. The van der Waals surface area contributed by atoms with Crippen LogP contribution in [0.4, 0.5) is 4.39 Å². The molecule has 0 aliphatic heterocycles. The normalized spacial score (nSPS) is 12.3. The van der Waals surface area contributed by atoms with Crippen molar-refractivity contribution in [3.05, 3.63) is 71.5 Å². The van der Waals surface area contributed by atoms with E-state index < -0.39 is 0 Å². The Bertz CT molecular complexity index is 501. The Labute approximate surface area is 118 Å². The number of alkyl halides is 1. The first kappa shape index (κ1) is 14.0. The molecule has 3 heteroatoms. The van der Waals surface area contributed by atoms with Gasteiger partial charge in [0, 0.05) is 24.0 Å². The predicted molar refractivity (Wildman–Crippen MR) is 77.9 cm³/mol. The molecule has 19 heavy (non-hydrogen) atoms. The molecule has 1 nitrogen and oxygen atoms in total. The lowest BCUT2D eigenvalue weighted by Crippen LogP contribution is -2.32. The molecule has 0 bridgehead atoms. The van der Waals surface area contributed by atoms with E-state index in [9.17, 15) is 4.39 Å². The van der Waals surface area contributed by atoms with E-state index in [1.807, 2.05) is 24.3 Å². The van der Waals surface area contributed by atoms with Crippen molar-refractivity contribution in [2.45, 2.75) is 19.0 Å². The molecule has 1 N–H and O–H groups in total. The summed E-state index contributed by atoms with van der Waals surface area (Å²) in [4.78, 5) is 0. The average Bonchev–Trinajstić information content (AvgIpc) is 2.46. The van der Waals surface area contributed by atoms with Gasteiger partial charge in [0.2, 0.25) is 0 Å². The van der Waals surface area contributed by atoms with Crippen molar-refractivity contribution >= 4 is 11.6 Å². The van der Waals surface area contributed by atoms with Crippen molar-refractivity contribution in [1.29, 1.82) is 0 Å². The molecule has 2 aromatic carbocycles. The highest BCUT2D eigenvalue weighted by Gasteiger charge is 2.09. The van der Waals surface area contributed by atoms with E-state index >= 15 is 0 Å². The zero-order valence-corrected chi connectivity index (χ0v) is 11.4. The lowest BCUT2D eigenvalue weighted by molar-refractivity contribution is 0.529. The number of nitrogens with one attached hydrogen (secondary N) is 1. The van der Waals surface area contributed by atoms with Crippen molar-refractivity contribution in [3.63, 3.8) is 0 Å². The van der Waals surface area contributed by atoms with Gasteiger partial charge in [-0.05, 0) is 18.1 Å². The molecule has 0 radical (unpaired) electrons. The quantitative estimate of drug-likeness (QED) is 0.793. The Kier molecular flexibility index (Phi) is 5.37. The average molecular weight is 278 g/mol. The minimum absolute atomic E-state index is 0.142. The molecule has 0 aliphatic carbocycles. The van der Waals surface area contributed by atoms with Crippen molar-refractivity contribution in [2.75, 3.05) is 5.88 Å². The summed E-state index contributed by atoms with van der Waals surface area (Å²) in [5.74, 6) is 0.326. The first-order valence-corrected chi connectivity index (χ1v) is 6.89. The van der Waals surface area contributed by atoms with Crippen LogP contribution in [0.3, 0.4) is 0 Å². The molecule has 0 spiro atoms. The van der Waals surface area contributed by atoms with Crippen LogP contribution in [-0.4, -0.2) is 11.9 Å². The molecule has 100 valence electrons. The third kappa shape index (κ3) is 4.34.